The fourth-order valence-electron chi connectivity index (χ4n) is 10.2. The lowest BCUT2D eigenvalue weighted by atomic mass is 9.85. The Morgan fingerprint density at radius 2 is 1.56 bits per heavy atom. The van der Waals surface area contributed by atoms with E-state index < -0.39 is 23.6 Å². The first-order chi connectivity index (χ1) is 36.0. The van der Waals surface area contributed by atoms with E-state index in [2.05, 4.69) is 47.7 Å². The van der Waals surface area contributed by atoms with Crippen molar-refractivity contribution in [3.8, 4) is 33.2 Å². The Balaban J connectivity index is 0.687. The van der Waals surface area contributed by atoms with Gasteiger partial charge in [0.2, 0.25) is 23.6 Å². The molecule has 18 heteroatoms. The van der Waals surface area contributed by atoms with Gasteiger partial charge < -0.3 is 46.0 Å². The zero-order valence-electron chi connectivity index (χ0n) is 44.0. The van der Waals surface area contributed by atoms with Crippen LogP contribution in [0.25, 0.3) is 21.7 Å². The number of aliphatic hydroxyl groups is 1. The number of ether oxygens (including phenoxy) is 1. The van der Waals surface area contributed by atoms with Gasteiger partial charge >= 0.3 is 0 Å². The van der Waals surface area contributed by atoms with Crippen molar-refractivity contribution in [3.05, 3.63) is 101 Å². The predicted octanol–water partition coefficient (Wildman–Crippen LogP) is 7.27. The number of aromatic hydroxyl groups is 1. The number of hydrogen-bond acceptors (Lipinski definition) is 14. The molecule has 3 aliphatic heterocycles. The van der Waals surface area contributed by atoms with Gasteiger partial charge in [-0.2, -0.15) is 0 Å². The SMILES string of the molecule is Cc1ncsc1-c1ccc([C@H](C)NC(=O)[C@@H]2C[C@@H](O)CN2C(=O)[C@@H](NC(=O)CCCCCCCCC(=O)N2CCN(Cc3cccc(OC4CN(c5cc(-c6ccccc6O)nnc5N)C4)c3)CC2)C(C)(C)C)cc1. The maximum Gasteiger partial charge on any atom is 0.246 e. The molecule has 4 amide bonds. The first-order valence-corrected chi connectivity index (χ1v) is 27.4. The van der Waals surface area contributed by atoms with Crippen LogP contribution in [-0.2, 0) is 25.7 Å². The largest absolute Gasteiger partial charge is 0.507 e. The minimum atomic E-state index is -0.872. The van der Waals surface area contributed by atoms with E-state index in [1.54, 1.807) is 29.5 Å². The molecular weight excluding hydrogens is 969 g/mol. The topological polar surface area (TPSA) is 220 Å². The van der Waals surface area contributed by atoms with Crippen LogP contribution in [-0.4, -0.2) is 134 Å². The van der Waals surface area contributed by atoms with Crippen LogP contribution in [0.2, 0.25) is 0 Å². The lowest BCUT2D eigenvalue weighted by Crippen LogP contribution is -2.57. The molecule has 3 fully saturated rings. The summed E-state index contributed by atoms with van der Waals surface area (Å²) < 4.78 is 6.34. The minimum absolute atomic E-state index is 0.0105. The van der Waals surface area contributed by atoms with Crippen molar-refractivity contribution in [2.45, 2.75) is 129 Å². The van der Waals surface area contributed by atoms with Crippen LogP contribution >= 0.6 is 11.3 Å². The van der Waals surface area contributed by atoms with Crippen LogP contribution in [0.15, 0.2) is 84.4 Å². The lowest BCUT2D eigenvalue weighted by molar-refractivity contribution is -0.144. The van der Waals surface area contributed by atoms with Crippen molar-refractivity contribution < 1.29 is 34.1 Å². The number of amides is 4. The third kappa shape index (κ3) is 14.2. The molecule has 0 saturated carbocycles. The Kier molecular flexibility index (Phi) is 18.1. The van der Waals surface area contributed by atoms with Gasteiger partial charge in [0.25, 0.3) is 0 Å². The van der Waals surface area contributed by atoms with Crippen molar-refractivity contribution in [2.75, 3.05) is 56.4 Å². The highest BCUT2D eigenvalue weighted by atomic mass is 32.1. The number of nitrogens with one attached hydrogen (secondary N) is 2. The number of unbranched alkanes of at least 4 members (excludes halogenated alkanes) is 5. The molecule has 4 atom stereocenters. The highest BCUT2D eigenvalue weighted by Gasteiger charge is 2.45. The number of nitrogens with two attached hydrogens (primary N) is 1. The highest BCUT2D eigenvalue weighted by molar-refractivity contribution is 7.13. The monoisotopic (exact) mass is 1040 g/mol. The zero-order chi connectivity index (χ0) is 53.2. The summed E-state index contributed by atoms with van der Waals surface area (Å²) in [6.45, 7) is 14.7. The average Bonchev–Trinajstić information content (AvgIpc) is 4.00. The molecule has 5 heterocycles. The van der Waals surface area contributed by atoms with Gasteiger partial charge in [0.05, 0.1) is 52.7 Å². The zero-order valence-corrected chi connectivity index (χ0v) is 44.9. The molecule has 0 bridgehead atoms. The summed E-state index contributed by atoms with van der Waals surface area (Å²) in [5, 5.41) is 35.3. The predicted molar refractivity (Wildman–Crippen MR) is 292 cm³/mol. The van der Waals surface area contributed by atoms with Gasteiger partial charge in [0, 0.05) is 64.1 Å². The smallest absolute Gasteiger partial charge is 0.246 e. The van der Waals surface area contributed by atoms with Crippen molar-refractivity contribution in [1.29, 1.82) is 0 Å². The minimum Gasteiger partial charge on any atom is -0.507 e. The number of rotatable bonds is 21. The summed E-state index contributed by atoms with van der Waals surface area (Å²) >= 11 is 1.58. The van der Waals surface area contributed by atoms with E-state index >= 15 is 0 Å². The third-order valence-electron chi connectivity index (χ3n) is 14.6. The molecule has 0 radical (unpaired) electrons. The number of para-hydroxylation sites is 1. The number of hydrogen-bond donors (Lipinski definition) is 5. The second-order valence-electron chi connectivity index (χ2n) is 21.5. The lowest BCUT2D eigenvalue weighted by Gasteiger charge is -2.41. The molecule has 8 rings (SSSR count). The number of anilines is 2. The van der Waals surface area contributed by atoms with Crippen LogP contribution in [0.4, 0.5) is 11.5 Å². The van der Waals surface area contributed by atoms with E-state index in [9.17, 15) is 29.4 Å². The maximum absolute atomic E-state index is 14.1. The summed E-state index contributed by atoms with van der Waals surface area (Å²) in [5.41, 5.74) is 13.4. The Morgan fingerprint density at radius 1 is 0.853 bits per heavy atom. The third-order valence-corrected chi connectivity index (χ3v) is 15.6. The van der Waals surface area contributed by atoms with E-state index in [1.807, 2.05) is 93.6 Å². The summed E-state index contributed by atoms with van der Waals surface area (Å²) in [7, 11) is 0. The maximum atomic E-state index is 14.1. The summed E-state index contributed by atoms with van der Waals surface area (Å²) in [6.07, 6.45) is 5.31. The van der Waals surface area contributed by atoms with Crippen molar-refractivity contribution in [3.63, 3.8) is 0 Å². The van der Waals surface area contributed by atoms with E-state index in [4.69, 9.17) is 10.5 Å². The van der Waals surface area contributed by atoms with Gasteiger partial charge in [-0.15, -0.1) is 21.5 Å². The van der Waals surface area contributed by atoms with Crippen molar-refractivity contribution >= 4 is 46.5 Å². The molecule has 17 nitrogen and oxygen atoms in total. The Labute approximate surface area is 444 Å². The number of phenols is 1. The van der Waals surface area contributed by atoms with Crippen LogP contribution in [0.5, 0.6) is 11.5 Å². The Hall–Kier alpha value is -6.63. The molecule has 6 N–H and O–H groups in total. The number of aryl methyl sites for hydroxylation is 1. The molecule has 3 saturated heterocycles. The number of carbonyl (C=O) groups excluding carboxylic acids is 4. The van der Waals surface area contributed by atoms with Crippen LogP contribution < -0.4 is 26.0 Å². The first-order valence-electron chi connectivity index (χ1n) is 26.5. The number of likely N-dealkylation sites (tertiary alicyclic amines) is 1. The highest BCUT2D eigenvalue weighted by Crippen LogP contribution is 2.35. The quantitative estimate of drug-likeness (QED) is 0.0458. The molecule has 0 aliphatic carbocycles. The van der Waals surface area contributed by atoms with E-state index in [0.29, 0.717) is 56.1 Å². The number of aliphatic hydroxyl groups excluding tert-OH is 1. The fourth-order valence-corrected chi connectivity index (χ4v) is 11.0. The molecule has 3 aromatic carbocycles. The average molecular weight is 1040 g/mol. The second-order valence-corrected chi connectivity index (χ2v) is 22.3. The van der Waals surface area contributed by atoms with Crippen molar-refractivity contribution in [1.82, 2.24) is 40.5 Å². The second kappa shape index (κ2) is 24.8. The van der Waals surface area contributed by atoms with E-state index in [-0.39, 0.29) is 60.9 Å². The summed E-state index contributed by atoms with van der Waals surface area (Å²) in [4.78, 5) is 67.6. The van der Waals surface area contributed by atoms with Crippen LogP contribution in [0.1, 0.15) is 108 Å². The molecule has 3 aliphatic rings. The Morgan fingerprint density at radius 3 is 2.25 bits per heavy atom. The standard InChI is InChI=1S/C57H74N10O7S/c1-37(40-21-23-41(24-22-40)52-38(2)59-36-75-52)60-55(72)48-30-42(68)33-67(48)56(73)53(57(3,4)5)61-50(70)19-10-8-6-7-9-11-20-51(71)65-27-25-64(26-28-65)32-39-15-14-16-43(29-39)74-44-34-66(35-44)47-31-46(62-63-54(47)58)45-17-12-13-18-49(45)69/h12-18,21-24,29,31,36-37,42,44,48,53,68-69H,6-11,19-20,25-28,30,32-35H2,1-5H3,(H2,58,63)(H,60,72)(H,61,70)/t37-,42+,48-,53+/m0/s1. The number of piperazine rings is 1. The number of phenolic OH excluding ortho intramolecular Hbond substituents is 1. The first kappa shape index (κ1) is 54.6. The number of β-amino-alcohol motifs (C(OH)–C–C–N with tert-alkyl or cyclic N) is 1. The molecule has 0 spiro atoms. The fraction of sp³-hybridized carbons (Fsp3) is 0.491. The van der Waals surface area contributed by atoms with E-state index in [0.717, 1.165) is 90.4 Å². The number of benzene rings is 3. The molecule has 2 aromatic heterocycles. The van der Waals surface area contributed by atoms with E-state index in [1.165, 1.54) is 4.90 Å². The van der Waals surface area contributed by atoms with Crippen LogP contribution in [0.3, 0.4) is 0 Å². The summed E-state index contributed by atoms with van der Waals surface area (Å²) in [6, 6.07) is 23.0. The Bertz CT molecular complexity index is 2750. The number of thiazole rings is 1. The van der Waals surface area contributed by atoms with Gasteiger partial charge in [-0.25, -0.2) is 4.98 Å². The molecule has 5 aromatic rings. The van der Waals surface area contributed by atoms with Gasteiger partial charge in [0.1, 0.15) is 29.7 Å². The van der Waals surface area contributed by atoms with Gasteiger partial charge in [-0.05, 0) is 79.1 Å². The normalized spacial score (nSPS) is 18.1. The van der Waals surface area contributed by atoms with Gasteiger partial charge in [-0.3, -0.25) is 24.1 Å². The molecule has 400 valence electrons. The number of nitrogens with zero attached hydrogens (tertiary/aromatic N) is 7. The molecule has 0 unspecified atom stereocenters. The van der Waals surface area contributed by atoms with Crippen LogP contribution in [0, 0.1) is 12.3 Å². The van der Waals surface area contributed by atoms with Gasteiger partial charge in [0.15, 0.2) is 5.82 Å². The molecular formula is C57H74N10O7S. The number of nitrogen functional groups attached to an aromatic ring is 1. The van der Waals surface area contributed by atoms with Crippen molar-refractivity contribution in [2.24, 2.45) is 5.41 Å². The summed E-state index contributed by atoms with van der Waals surface area (Å²) in [5.74, 6) is 0.555. The molecule has 75 heavy (non-hydrogen) atoms. The van der Waals surface area contributed by atoms with Gasteiger partial charge in [-0.1, -0.05) is 95.0 Å². The number of aromatic nitrogens is 3. The number of carbonyl (C=O) groups is 4.